The highest BCUT2D eigenvalue weighted by molar-refractivity contribution is 6.61. The maximum Gasteiger partial charge on any atom is 0.496 e. The second-order valence-corrected chi connectivity index (χ2v) is 9.03. The van der Waals surface area contributed by atoms with Gasteiger partial charge in [-0.15, -0.1) is 0 Å². The molecule has 3 N–H and O–H groups in total. The van der Waals surface area contributed by atoms with Gasteiger partial charge in [0.15, 0.2) is 0 Å². The number of fused-ring (bicyclic) bond motifs is 1. The topological polar surface area (TPSA) is 93.0 Å². The quantitative estimate of drug-likeness (QED) is 0.421. The van der Waals surface area contributed by atoms with Gasteiger partial charge in [-0.1, -0.05) is 19.1 Å². The highest BCUT2D eigenvalue weighted by Crippen LogP contribution is 2.48. The SMILES string of the molecule is COc1cc(/C=C2\c3ccc(F)cc3C(CC(=O)NCc3cccn3C)C2C)cc(OC)c1B(O)O. The number of amides is 1. The molecule has 1 amide bonds. The molecule has 0 saturated heterocycles. The van der Waals surface area contributed by atoms with E-state index in [0.717, 1.165) is 28.0 Å². The Morgan fingerprint density at radius 1 is 1.17 bits per heavy atom. The lowest BCUT2D eigenvalue weighted by molar-refractivity contribution is -0.121. The fourth-order valence-electron chi connectivity index (χ4n) is 4.95. The molecule has 0 spiro atoms. The van der Waals surface area contributed by atoms with E-state index in [-0.39, 0.29) is 46.9 Å². The number of benzene rings is 2. The summed E-state index contributed by atoms with van der Waals surface area (Å²) in [6, 6.07) is 11.9. The van der Waals surface area contributed by atoms with Crippen LogP contribution in [-0.2, 0) is 18.4 Å². The molecule has 0 saturated carbocycles. The molecular weight excluding hydrogens is 462 g/mol. The normalized spacial score (nSPS) is 17.7. The molecule has 2 atom stereocenters. The largest absolute Gasteiger partial charge is 0.497 e. The molecule has 0 aliphatic heterocycles. The van der Waals surface area contributed by atoms with Crippen LogP contribution in [0.4, 0.5) is 4.39 Å². The molecule has 1 heterocycles. The lowest BCUT2D eigenvalue weighted by Gasteiger charge is -2.18. The molecule has 7 nitrogen and oxygen atoms in total. The fourth-order valence-corrected chi connectivity index (χ4v) is 4.95. The van der Waals surface area contributed by atoms with Crippen LogP contribution in [0.2, 0.25) is 0 Å². The van der Waals surface area contributed by atoms with Crippen molar-refractivity contribution in [1.29, 1.82) is 0 Å². The van der Waals surface area contributed by atoms with Crippen LogP contribution < -0.4 is 20.3 Å². The maximum atomic E-state index is 14.2. The second kappa shape index (κ2) is 10.6. The van der Waals surface area contributed by atoms with Gasteiger partial charge < -0.3 is 29.4 Å². The molecule has 4 rings (SSSR count). The number of halogens is 1. The minimum atomic E-state index is -1.76. The lowest BCUT2D eigenvalue weighted by atomic mass is 9.78. The number of methoxy groups -OCH3 is 2. The van der Waals surface area contributed by atoms with E-state index < -0.39 is 7.12 Å². The maximum absolute atomic E-state index is 14.2. The van der Waals surface area contributed by atoms with Crippen molar-refractivity contribution in [2.24, 2.45) is 13.0 Å². The molecule has 0 radical (unpaired) electrons. The summed E-state index contributed by atoms with van der Waals surface area (Å²) in [5.41, 5.74) is 4.48. The Morgan fingerprint density at radius 3 is 2.44 bits per heavy atom. The molecule has 1 aliphatic carbocycles. The van der Waals surface area contributed by atoms with Crippen LogP contribution in [-0.4, -0.2) is 41.9 Å². The standard InChI is InChI=1S/C27H30BFN2O5/c1-16-21(10-17-11-24(35-3)27(28(33)34)25(12-17)36-4)20-8-7-18(29)13-23(20)22(16)14-26(32)30-15-19-6-5-9-31(19)2/h5-13,16,22,33-34H,14-15H2,1-4H3,(H,30,32)/b21-10-. The Hall–Kier alpha value is -3.56. The zero-order chi connectivity index (χ0) is 26.0. The molecule has 1 aliphatic rings. The van der Waals surface area contributed by atoms with Gasteiger partial charge in [0.2, 0.25) is 5.91 Å². The number of ether oxygens (including phenoxy) is 2. The van der Waals surface area contributed by atoms with E-state index in [2.05, 4.69) is 5.32 Å². The highest BCUT2D eigenvalue weighted by Gasteiger charge is 2.35. The van der Waals surface area contributed by atoms with Gasteiger partial charge in [0, 0.05) is 25.4 Å². The summed E-state index contributed by atoms with van der Waals surface area (Å²) in [4.78, 5) is 12.9. The van der Waals surface area contributed by atoms with Crippen LogP contribution in [0.1, 0.15) is 41.6 Å². The Kier molecular flexibility index (Phi) is 7.52. The number of hydrogen-bond acceptors (Lipinski definition) is 5. The van der Waals surface area contributed by atoms with E-state index >= 15 is 0 Å². The van der Waals surface area contributed by atoms with Crippen molar-refractivity contribution in [3.05, 3.63) is 76.9 Å². The number of nitrogens with zero attached hydrogens (tertiary/aromatic N) is 1. The second-order valence-electron chi connectivity index (χ2n) is 9.03. The number of hydrogen-bond donors (Lipinski definition) is 3. The van der Waals surface area contributed by atoms with Crippen LogP contribution in [0.3, 0.4) is 0 Å². The van der Waals surface area contributed by atoms with Crippen molar-refractivity contribution in [2.45, 2.75) is 25.8 Å². The van der Waals surface area contributed by atoms with Crippen LogP contribution in [0.15, 0.2) is 48.7 Å². The third-order valence-electron chi connectivity index (χ3n) is 6.89. The Labute approximate surface area is 210 Å². The first-order valence-electron chi connectivity index (χ1n) is 11.7. The number of aromatic nitrogens is 1. The van der Waals surface area contributed by atoms with Crippen LogP contribution >= 0.6 is 0 Å². The molecule has 3 aromatic rings. The zero-order valence-electron chi connectivity index (χ0n) is 20.8. The summed E-state index contributed by atoms with van der Waals surface area (Å²) >= 11 is 0. The van der Waals surface area contributed by atoms with Crippen molar-refractivity contribution >= 4 is 30.1 Å². The van der Waals surface area contributed by atoms with Crippen LogP contribution in [0.5, 0.6) is 11.5 Å². The van der Waals surface area contributed by atoms with Crippen LogP contribution in [0.25, 0.3) is 11.6 Å². The van der Waals surface area contributed by atoms with Gasteiger partial charge in [-0.05, 0) is 70.5 Å². The van der Waals surface area contributed by atoms with Gasteiger partial charge in [-0.25, -0.2) is 4.39 Å². The predicted molar refractivity (Wildman–Crippen MR) is 137 cm³/mol. The molecule has 1 aromatic heterocycles. The van der Waals surface area contributed by atoms with E-state index in [0.29, 0.717) is 6.54 Å². The molecule has 9 heteroatoms. The van der Waals surface area contributed by atoms with Gasteiger partial charge in [-0.2, -0.15) is 0 Å². The number of rotatable bonds is 8. The minimum Gasteiger partial charge on any atom is -0.497 e. The number of allylic oxidation sites excluding steroid dienone is 1. The summed E-state index contributed by atoms with van der Waals surface area (Å²) in [5.74, 6) is -0.161. The van der Waals surface area contributed by atoms with Gasteiger partial charge in [0.1, 0.15) is 17.3 Å². The van der Waals surface area contributed by atoms with Crippen molar-refractivity contribution in [3.8, 4) is 11.5 Å². The number of aryl methyl sites for hydroxylation is 1. The van der Waals surface area contributed by atoms with Crippen molar-refractivity contribution in [2.75, 3.05) is 14.2 Å². The first-order valence-corrected chi connectivity index (χ1v) is 11.7. The van der Waals surface area contributed by atoms with E-state index in [1.54, 1.807) is 18.2 Å². The van der Waals surface area contributed by atoms with Crippen molar-refractivity contribution < 1.29 is 28.7 Å². The minimum absolute atomic E-state index is 0.0670. The third kappa shape index (κ3) is 5.03. The highest BCUT2D eigenvalue weighted by atomic mass is 19.1. The average molecular weight is 492 g/mol. The average Bonchev–Trinajstić information content (AvgIpc) is 3.37. The van der Waals surface area contributed by atoms with E-state index in [1.807, 2.05) is 42.9 Å². The van der Waals surface area contributed by atoms with Crippen molar-refractivity contribution in [1.82, 2.24) is 9.88 Å². The summed E-state index contributed by atoms with van der Waals surface area (Å²) in [6.45, 7) is 2.45. The lowest BCUT2D eigenvalue weighted by Crippen LogP contribution is -2.32. The molecule has 36 heavy (non-hydrogen) atoms. The van der Waals surface area contributed by atoms with Gasteiger partial charge in [0.25, 0.3) is 0 Å². The van der Waals surface area contributed by atoms with E-state index in [9.17, 15) is 19.2 Å². The summed E-state index contributed by atoms with van der Waals surface area (Å²) < 4.78 is 26.9. The molecule has 2 aromatic carbocycles. The Bertz CT molecular complexity index is 1280. The molecule has 0 fully saturated rings. The number of carbonyl (C=O) groups is 1. The fraction of sp³-hybridized carbons (Fsp3) is 0.296. The smallest absolute Gasteiger partial charge is 0.496 e. The first-order chi connectivity index (χ1) is 17.2. The molecule has 188 valence electrons. The first kappa shape index (κ1) is 25.5. The van der Waals surface area contributed by atoms with Gasteiger partial charge in [-0.3, -0.25) is 4.79 Å². The van der Waals surface area contributed by atoms with Crippen molar-refractivity contribution in [3.63, 3.8) is 0 Å². The van der Waals surface area contributed by atoms with Crippen LogP contribution in [0, 0.1) is 11.7 Å². The number of carbonyl (C=O) groups excluding carboxylic acids is 1. The van der Waals surface area contributed by atoms with Gasteiger partial charge >= 0.3 is 7.12 Å². The Morgan fingerprint density at radius 2 is 1.86 bits per heavy atom. The van der Waals surface area contributed by atoms with E-state index in [1.165, 1.54) is 26.4 Å². The summed E-state index contributed by atoms with van der Waals surface area (Å²) in [7, 11) is 3.05. The molecule has 2 unspecified atom stereocenters. The zero-order valence-corrected chi connectivity index (χ0v) is 20.8. The van der Waals surface area contributed by atoms with Gasteiger partial charge in [0.05, 0.1) is 26.2 Å². The number of nitrogens with one attached hydrogen (secondary N) is 1. The third-order valence-corrected chi connectivity index (χ3v) is 6.89. The molecular formula is C27H30BFN2O5. The molecule has 0 bridgehead atoms. The Balaban J connectivity index is 1.66. The predicted octanol–water partition coefficient (Wildman–Crippen LogP) is 2.84. The summed E-state index contributed by atoms with van der Waals surface area (Å²) in [6.07, 6.45) is 4.10. The summed E-state index contributed by atoms with van der Waals surface area (Å²) in [5, 5.41) is 22.5. The monoisotopic (exact) mass is 492 g/mol. The van der Waals surface area contributed by atoms with E-state index in [4.69, 9.17) is 9.47 Å².